The van der Waals surface area contributed by atoms with Crippen molar-refractivity contribution in [1.29, 1.82) is 10.5 Å². The molecule has 22 heavy (non-hydrogen) atoms. The molecule has 0 spiro atoms. The van der Waals surface area contributed by atoms with Crippen LogP contribution >= 0.6 is 0 Å². The summed E-state index contributed by atoms with van der Waals surface area (Å²) in [5.41, 5.74) is -7.77. The van der Waals surface area contributed by atoms with Crippen LogP contribution in [0.4, 0.5) is 26.3 Å². The van der Waals surface area contributed by atoms with Crippen LogP contribution in [0.25, 0.3) is 11.3 Å². The summed E-state index contributed by atoms with van der Waals surface area (Å²) in [4.78, 5) is 12.1. The van der Waals surface area contributed by atoms with Crippen LogP contribution in [0.3, 0.4) is 0 Å². The molecule has 0 atom stereocenters. The summed E-state index contributed by atoms with van der Waals surface area (Å²) in [5.74, 6) is 0. The molecule has 2 heterocycles. The first-order valence-electron chi connectivity index (χ1n) is 5.12. The Balaban J connectivity index is 2.91. The van der Waals surface area contributed by atoms with E-state index in [1.54, 1.807) is 0 Å². The second-order valence-corrected chi connectivity index (χ2v) is 3.71. The quantitative estimate of drug-likeness (QED) is 0.690. The molecule has 0 aliphatic heterocycles. The van der Waals surface area contributed by atoms with Gasteiger partial charge in [-0.25, -0.2) is 19.9 Å². The third-order valence-corrected chi connectivity index (χ3v) is 2.27. The maximum Gasteiger partial charge on any atom is 0.435 e. The summed E-state index contributed by atoms with van der Waals surface area (Å²) in [6, 6.07) is 2.75. The molecule has 0 unspecified atom stereocenters. The van der Waals surface area contributed by atoms with E-state index in [4.69, 9.17) is 10.5 Å². The Kier molecular flexibility index (Phi) is 3.33. The van der Waals surface area contributed by atoms with Gasteiger partial charge in [-0.15, -0.1) is 0 Å². The van der Waals surface area contributed by atoms with Gasteiger partial charge in [0.05, 0.1) is 0 Å². The molecule has 0 amide bonds. The zero-order valence-electron chi connectivity index (χ0n) is 9.95. The second kappa shape index (κ2) is 4.77. The minimum absolute atomic E-state index is 0.669. The highest BCUT2D eigenvalue weighted by Crippen LogP contribution is 2.38. The van der Waals surface area contributed by atoms with Gasteiger partial charge >= 0.3 is 12.4 Å². The maximum absolute atomic E-state index is 12.7. The number of hydrogen-bond acceptors (Lipinski definition) is 6. The van der Waals surface area contributed by atoms with Crippen LogP contribution < -0.4 is 0 Å². The van der Waals surface area contributed by atoms with E-state index in [0.29, 0.717) is 0 Å². The number of fused-ring (bicyclic) bond motifs is 1. The Labute approximate surface area is 116 Å². The highest BCUT2D eigenvalue weighted by molar-refractivity contribution is 5.67. The number of rotatable bonds is 0. The summed E-state index contributed by atoms with van der Waals surface area (Å²) in [6.07, 6.45) is -10.9. The Hall–Kier alpha value is -3.02. The molecule has 0 aliphatic carbocycles. The molecular formula is C10F6N6. The Morgan fingerprint density at radius 1 is 0.636 bits per heavy atom. The monoisotopic (exact) mass is 318 g/mol. The molecule has 0 N–H and O–H groups in total. The lowest BCUT2D eigenvalue weighted by Gasteiger charge is -2.13. The fraction of sp³-hybridized carbons (Fsp3) is 0.200. The minimum atomic E-state index is -5.44. The predicted octanol–water partition coefficient (Wildman–Crippen LogP) is 2.20. The van der Waals surface area contributed by atoms with E-state index in [2.05, 4.69) is 19.9 Å². The fourth-order valence-corrected chi connectivity index (χ4v) is 1.44. The van der Waals surface area contributed by atoms with E-state index in [1.165, 1.54) is 12.1 Å². The molecule has 2 rings (SSSR count). The number of nitriles is 2. The lowest BCUT2D eigenvalue weighted by atomic mass is 10.2. The standard InChI is InChI=1S/C10F6N6/c11-9(12,13)5-6(10(14,15)16)22-8-7(21-5)19-3(1-17)4(2-18)20-8. The molecule has 2 aromatic heterocycles. The van der Waals surface area contributed by atoms with Crippen LogP contribution in [0, 0.1) is 22.7 Å². The first kappa shape index (κ1) is 15.4. The molecule has 0 saturated heterocycles. The average molecular weight is 318 g/mol. The minimum Gasteiger partial charge on any atom is -0.218 e. The van der Waals surface area contributed by atoms with Gasteiger partial charge in [-0.1, -0.05) is 0 Å². The van der Waals surface area contributed by atoms with Crippen molar-refractivity contribution in [2.75, 3.05) is 0 Å². The van der Waals surface area contributed by atoms with Gasteiger partial charge in [0.1, 0.15) is 12.1 Å². The van der Waals surface area contributed by atoms with Crippen molar-refractivity contribution < 1.29 is 26.3 Å². The zero-order chi connectivity index (χ0) is 16.7. The molecule has 0 fully saturated rings. The van der Waals surface area contributed by atoms with E-state index in [9.17, 15) is 26.3 Å². The second-order valence-electron chi connectivity index (χ2n) is 3.71. The number of halogens is 6. The molecule has 0 aliphatic rings. The zero-order valence-corrected chi connectivity index (χ0v) is 9.95. The van der Waals surface area contributed by atoms with E-state index in [0.717, 1.165) is 0 Å². The smallest absolute Gasteiger partial charge is 0.218 e. The van der Waals surface area contributed by atoms with Gasteiger partial charge in [0.2, 0.25) is 0 Å². The van der Waals surface area contributed by atoms with Gasteiger partial charge in [0, 0.05) is 0 Å². The summed E-state index contributed by atoms with van der Waals surface area (Å²) in [7, 11) is 0. The van der Waals surface area contributed by atoms with Gasteiger partial charge in [0.25, 0.3) is 0 Å². The van der Waals surface area contributed by atoms with Crippen molar-refractivity contribution in [1.82, 2.24) is 19.9 Å². The maximum atomic E-state index is 12.7. The number of alkyl halides is 6. The molecule has 12 heteroatoms. The third kappa shape index (κ3) is 2.58. The van der Waals surface area contributed by atoms with E-state index < -0.39 is 46.4 Å². The van der Waals surface area contributed by atoms with Crippen LogP contribution in [0.15, 0.2) is 0 Å². The number of aromatic nitrogens is 4. The predicted molar refractivity (Wildman–Crippen MR) is 54.6 cm³/mol. The lowest BCUT2D eigenvalue weighted by Crippen LogP contribution is -2.21. The molecule has 0 bridgehead atoms. The van der Waals surface area contributed by atoms with Crippen LogP contribution in [-0.2, 0) is 12.4 Å². The SMILES string of the molecule is N#Cc1nc2nc(C(F)(F)F)c(C(F)(F)F)nc2nc1C#N. The van der Waals surface area contributed by atoms with Gasteiger partial charge in [0.15, 0.2) is 34.1 Å². The van der Waals surface area contributed by atoms with Gasteiger partial charge < -0.3 is 0 Å². The van der Waals surface area contributed by atoms with Crippen LogP contribution in [0.5, 0.6) is 0 Å². The Morgan fingerprint density at radius 2 is 0.955 bits per heavy atom. The first-order valence-corrected chi connectivity index (χ1v) is 5.12. The van der Waals surface area contributed by atoms with Crippen LogP contribution in [0.2, 0.25) is 0 Å². The first-order chi connectivity index (χ1) is 10.1. The van der Waals surface area contributed by atoms with Crippen molar-refractivity contribution in [3.05, 3.63) is 22.8 Å². The lowest BCUT2D eigenvalue weighted by molar-refractivity contribution is -0.167. The normalized spacial score (nSPS) is 12.0. The van der Waals surface area contributed by atoms with E-state index >= 15 is 0 Å². The summed E-state index contributed by atoms with van der Waals surface area (Å²) < 4.78 is 76.0. The summed E-state index contributed by atoms with van der Waals surface area (Å²) in [5, 5.41) is 17.3. The van der Waals surface area contributed by atoms with Crippen LogP contribution in [-0.4, -0.2) is 19.9 Å². The molecular weight excluding hydrogens is 318 g/mol. The number of hydrogen-bond donors (Lipinski definition) is 0. The van der Waals surface area contributed by atoms with Gasteiger partial charge in [-0.05, 0) is 0 Å². The molecule has 6 nitrogen and oxygen atoms in total. The van der Waals surface area contributed by atoms with Gasteiger partial charge in [-0.3, -0.25) is 0 Å². The molecule has 0 aromatic carbocycles. The largest absolute Gasteiger partial charge is 0.435 e. The topological polar surface area (TPSA) is 99.1 Å². The van der Waals surface area contributed by atoms with E-state index in [-0.39, 0.29) is 0 Å². The van der Waals surface area contributed by atoms with Crippen molar-refractivity contribution in [3.8, 4) is 12.1 Å². The van der Waals surface area contributed by atoms with Gasteiger partial charge in [-0.2, -0.15) is 36.9 Å². The molecule has 112 valence electrons. The van der Waals surface area contributed by atoms with Crippen molar-refractivity contribution in [3.63, 3.8) is 0 Å². The fourth-order valence-electron chi connectivity index (χ4n) is 1.44. The molecule has 0 saturated carbocycles. The number of nitrogens with zero attached hydrogens (tertiary/aromatic N) is 6. The average Bonchev–Trinajstić information content (AvgIpc) is 2.42. The third-order valence-electron chi connectivity index (χ3n) is 2.27. The van der Waals surface area contributed by atoms with Crippen molar-refractivity contribution in [2.45, 2.75) is 12.4 Å². The van der Waals surface area contributed by atoms with Crippen molar-refractivity contribution >= 4 is 11.3 Å². The highest BCUT2D eigenvalue weighted by atomic mass is 19.4. The van der Waals surface area contributed by atoms with E-state index in [1.807, 2.05) is 0 Å². The molecule has 0 radical (unpaired) electrons. The Morgan fingerprint density at radius 3 is 1.18 bits per heavy atom. The van der Waals surface area contributed by atoms with Crippen molar-refractivity contribution in [2.24, 2.45) is 0 Å². The molecule has 2 aromatic rings. The highest BCUT2D eigenvalue weighted by Gasteiger charge is 2.47. The van der Waals surface area contributed by atoms with Crippen LogP contribution in [0.1, 0.15) is 22.8 Å². The summed E-state index contributed by atoms with van der Waals surface area (Å²) in [6.45, 7) is 0. The summed E-state index contributed by atoms with van der Waals surface area (Å²) >= 11 is 0. The Bertz CT molecular complexity index is 770.